The summed E-state index contributed by atoms with van der Waals surface area (Å²) >= 11 is 0. The lowest BCUT2D eigenvalue weighted by Crippen LogP contribution is -2.07. The summed E-state index contributed by atoms with van der Waals surface area (Å²) < 4.78 is 5.70. The molecule has 5 heteroatoms. The van der Waals surface area contributed by atoms with Gasteiger partial charge in [0.1, 0.15) is 12.4 Å². The molecule has 23 heavy (non-hydrogen) atoms. The summed E-state index contributed by atoms with van der Waals surface area (Å²) in [6.07, 6.45) is 3.49. The van der Waals surface area contributed by atoms with Crippen molar-refractivity contribution in [3.8, 4) is 5.75 Å². The Balaban J connectivity index is 1.70. The maximum absolute atomic E-state index is 11.1. The van der Waals surface area contributed by atoms with E-state index in [1.54, 1.807) is 24.5 Å². The Kier molecular flexibility index (Phi) is 4.59. The fourth-order valence-electron chi connectivity index (χ4n) is 2.15. The van der Waals surface area contributed by atoms with E-state index in [2.05, 4.69) is 10.3 Å². The highest BCUT2D eigenvalue weighted by Gasteiger charge is 2.09. The van der Waals surface area contributed by atoms with Crippen LogP contribution in [0, 0.1) is 4.91 Å². The Morgan fingerprint density at radius 2 is 1.65 bits per heavy atom. The van der Waals surface area contributed by atoms with Gasteiger partial charge in [-0.1, -0.05) is 24.3 Å². The second kappa shape index (κ2) is 7.17. The van der Waals surface area contributed by atoms with E-state index in [0.717, 1.165) is 11.3 Å². The summed E-state index contributed by atoms with van der Waals surface area (Å²) in [5.74, 6) is 0.719. The summed E-state index contributed by atoms with van der Waals surface area (Å²) in [5.41, 5.74) is 2.39. The topological polar surface area (TPSA) is 54.8 Å². The molecule has 0 aliphatic heterocycles. The molecular formula is C18H15N3O2. The predicted octanol–water partition coefficient (Wildman–Crippen LogP) is 4.48. The van der Waals surface area contributed by atoms with Crippen molar-refractivity contribution in [3.05, 3.63) is 89.6 Å². The van der Waals surface area contributed by atoms with Gasteiger partial charge in [-0.25, -0.2) is 0 Å². The third kappa shape index (κ3) is 3.71. The van der Waals surface area contributed by atoms with Crippen LogP contribution in [0.1, 0.15) is 5.56 Å². The van der Waals surface area contributed by atoms with Crippen molar-refractivity contribution in [1.29, 1.82) is 0 Å². The minimum Gasteiger partial charge on any atom is -0.489 e. The summed E-state index contributed by atoms with van der Waals surface area (Å²) in [6, 6.07) is 20.3. The number of rotatable bonds is 6. The molecule has 0 unspecified atom stereocenters. The summed E-state index contributed by atoms with van der Waals surface area (Å²) in [6.45, 7) is 0.446. The maximum atomic E-state index is 11.1. The van der Waals surface area contributed by atoms with E-state index in [0.29, 0.717) is 18.0 Å². The normalized spacial score (nSPS) is 10.1. The van der Waals surface area contributed by atoms with Crippen molar-refractivity contribution >= 4 is 11.4 Å². The van der Waals surface area contributed by atoms with Crippen molar-refractivity contribution in [2.45, 2.75) is 6.61 Å². The molecule has 0 bridgehead atoms. The molecule has 0 atom stereocenters. The molecule has 1 heterocycles. The molecule has 0 fully saturated rings. The second-order valence-corrected chi connectivity index (χ2v) is 4.87. The zero-order valence-electron chi connectivity index (χ0n) is 12.4. The van der Waals surface area contributed by atoms with Gasteiger partial charge in [0.2, 0.25) is 0 Å². The largest absolute Gasteiger partial charge is 0.489 e. The molecule has 114 valence electrons. The number of ether oxygens (including phenoxy) is 1. The van der Waals surface area contributed by atoms with Crippen LogP contribution in [0.5, 0.6) is 5.75 Å². The lowest BCUT2D eigenvalue weighted by Gasteiger charge is -2.15. The fraction of sp³-hybridized carbons (Fsp3) is 0.0556. The SMILES string of the molecule is O=NN(c1ccccc1)c1ccc(OCc2cccnc2)cc1. The molecule has 0 saturated carbocycles. The fourth-order valence-corrected chi connectivity index (χ4v) is 2.15. The Bertz CT molecular complexity index is 746. The van der Waals surface area contributed by atoms with Crippen LogP contribution in [0.25, 0.3) is 0 Å². The summed E-state index contributed by atoms with van der Waals surface area (Å²) in [7, 11) is 0. The average Bonchev–Trinajstić information content (AvgIpc) is 2.63. The molecule has 0 aliphatic rings. The van der Waals surface area contributed by atoms with Gasteiger partial charge in [0.15, 0.2) is 0 Å². The van der Waals surface area contributed by atoms with Crippen molar-refractivity contribution in [2.24, 2.45) is 5.29 Å². The van der Waals surface area contributed by atoms with Crippen LogP contribution in [0.4, 0.5) is 11.4 Å². The first-order chi connectivity index (χ1) is 11.4. The molecule has 0 aliphatic carbocycles. The van der Waals surface area contributed by atoms with Crippen LogP contribution < -0.4 is 9.75 Å². The Labute approximate surface area is 134 Å². The van der Waals surface area contributed by atoms with Crippen molar-refractivity contribution in [3.63, 3.8) is 0 Å². The number of pyridine rings is 1. The average molecular weight is 305 g/mol. The van der Waals surface area contributed by atoms with E-state index in [4.69, 9.17) is 4.74 Å². The van der Waals surface area contributed by atoms with Crippen LogP contribution >= 0.6 is 0 Å². The number of benzene rings is 2. The maximum Gasteiger partial charge on any atom is 0.119 e. The lowest BCUT2D eigenvalue weighted by atomic mass is 10.2. The third-order valence-electron chi connectivity index (χ3n) is 3.29. The number of nitrogens with zero attached hydrogens (tertiary/aromatic N) is 3. The van der Waals surface area contributed by atoms with Crippen LogP contribution in [0.15, 0.2) is 84.4 Å². The molecular weight excluding hydrogens is 290 g/mol. The monoisotopic (exact) mass is 305 g/mol. The smallest absolute Gasteiger partial charge is 0.119 e. The molecule has 5 nitrogen and oxygen atoms in total. The molecule has 3 aromatic rings. The number of hydrogen-bond acceptors (Lipinski definition) is 4. The number of hydrogen-bond donors (Lipinski definition) is 0. The van der Waals surface area contributed by atoms with E-state index in [9.17, 15) is 4.91 Å². The first-order valence-electron chi connectivity index (χ1n) is 7.17. The number of aromatic nitrogens is 1. The van der Waals surface area contributed by atoms with Gasteiger partial charge in [-0.3, -0.25) is 4.98 Å². The molecule has 0 radical (unpaired) electrons. The van der Waals surface area contributed by atoms with Crippen LogP contribution in [0.3, 0.4) is 0 Å². The minimum atomic E-state index is 0.446. The van der Waals surface area contributed by atoms with Crippen LogP contribution in [-0.2, 0) is 6.61 Å². The van der Waals surface area contributed by atoms with E-state index in [1.165, 1.54) is 5.01 Å². The first kappa shape index (κ1) is 14.7. The van der Waals surface area contributed by atoms with E-state index < -0.39 is 0 Å². The number of para-hydroxylation sites is 1. The zero-order chi connectivity index (χ0) is 15.9. The Morgan fingerprint density at radius 3 is 2.30 bits per heavy atom. The molecule has 3 rings (SSSR count). The van der Waals surface area contributed by atoms with E-state index >= 15 is 0 Å². The van der Waals surface area contributed by atoms with Crippen LogP contribution in [0.2, 0.25) is 0 Å². The van der Waals surface area contributed by atoms with Gasteiger partial charge in [0.05, 0.1) is 16.7 Å². The molecule has 0 N–H and O–H groups in total. The first-order valence-corrected chi connectivity index (χ1v) is 7.17. The van der Waals surface area contributed by atoms with Gasteiger partial charge in [-0.15, -0.1) is 4.91 Å². The van der Waals surface area contributed by atoms with Crippen molar-refractivity contribution < 1.29 is 4.74 Å². The zero-order valence-corrected chi connectivity index (χ0v) is 12.4. The summed E-state index contributed by atoms with van der Waals surface area (Å²) in [5, 5.41) is 4.42. The lowest BCUT2D eigenvalue weighted by molar-refractivity contribution is 0.306. The highest BCUT2D eigenvalue weighted by molar-refractivity contribution is 5.62. The molecule has 1 aromatic heterocycles. The van der Waals surface area contributed by atoms with Crippen LogP contribution in [-0.4, -0.2) is 4.98 Å². The number of anilines is 2. The Morgan fingerprint density at radius 1 is 0.913 bits per heavy atom. The number of nitroso groups, excluding NO2 is 1. The third-order valence-corrected chi connectivity index (χ3v) is 3.29. The quantitative estimate of drug-likeness (QED) is 0.497. The van der Waals surface area contributed by atoms with Gasteiger partial charge < -0.3 is 4.74 Å². The van der Waals surface area contributed by atoms with Gasteiger partial charge in [-0.05, 0) is 42.5 Å². The molecule has 0 amide bonds. The van der Waals surface area contributed by atoms with Crippen molar-refractivity contribution in [2.75, 3.05) is 5.01 Å². The molecule has 0 spiro atoms. The second-order valence-electron chi connectivity index (χ2n) is 4.87. The van der Waals surface area contributed by atoms with Gasteiger partial charge in [-0.2, -0.15) is 5.01 Å². The minimum absolute atomic E-state index is 0.446. The standard InChI is InChI=1S/C18H15N3O2/c22-20-21(16-6-2-1-3-7-16)17-8-10-18(11-9-17)23-14-15-5-4-12-19-13-15/h1-13H,14H2. The molecule has 0 saturated heterocycles. The van der Waals surface area contributed by atoms with E-state index in [1.807, 2.05) is 54.6 Å². The van der Waals surface area contributed by atoms with Crippen molar-refractivity contribution in [1.82, 2.24) is 4.98 Å². The van der Waals surface area contributed by atoms with E-state index in [-0.39, 0.29) is 0 Å². The van der Waals surface area contributed by atoms with Gasteiger partial charge in [0, 0.05) is 18.0 Å². The predicted molar refractivity (Wildman–Crippen MR) is 89.4 cm³/mol. The Hall–Kier alpha value is -3.21. The molecule has 2 aromatic carbocycles. The summed E-state index contributed by atoms with van der Waals surface area (Å²) in [4.78, 5) is 15.2. The van der Waals surface area contributed by atoms with Gasteiger partial charge >= 0.3 is 0 Å². The highest BCUT2D eigenvalue weighted by Crippen LogP contribution is 2.27. The van der Waals surface area contributed by atoms with Gasteiger partial charge in [0.25, 0.3) is 0 Å². The highest BCUT2D eigenvalue weighted by atomic mass is 16.5.